The molecular formula is C15H13F2N3. The Morgan fingerprint density at radius 3 is 2.70 bits per heavy atom. The zero-order valence-electron chi connectivity index (χ0n) is 11.0. The molecule has 0 amide bonds. The van der Waals surface area contributed by atoms with E-state index in [0.717, 1.165) is 12.5 Å². The number of nitriles is 1. The minimum absolute atomic E-state index is 0.204. The first kappa shape index (κ1) is 13.9. The number of nitrogens with zero attached hydrogens (tertiary/aromatic N) is 2. The topological polar surface area (TPSA) is 48.7 Å². The van der Waals surface area contributed by atoms with Gasteiger partial charge in [-0.05, 0) is 30.7 Å². The van der Waals surface area contributed by atoms with Crippen LogP contribution in [-0.4, -0.2) is 11.5 Å². The summed E-state index contributed by atoms with van der Waals surface area (Å²) < 4.78 is 26.6. The Labute approximate surface area is 115 Å². The second kappa shape index (κ2) is 6.11. The van der Waals surface area contributed by atoms with E-state index in [9.17, 15) is 8.78 Å². The predicted octanol–water partition coefficient (Wildman–Crippen LogP) is 3.72. The molecule has 0 atom stereocenters. The molecule has 1 aromatic heterocycles. The molecule has 0 fully saturated rings. The number of pyridine rings is 1. The van der Waals surface area contributed by atoms with Gasteiger partial charge in [-0.25, -0.2) is 13.8 Å². The van der Waals surface area contributed by atoms with Gasteiger partial charge >= 0.3 is 0 Å². The van der Waals surface area contributed by atoms with Crippen LogP contribution in [0.15, 0.2) is 30.3 Å². The molecule has 0 aliphatic heterocycles. The molecule has 0 unspecified atom stereocenters. The van der Waals surface area contributed by atoms with Crippen molar-refractivity contribution in [1.82, 2.24) is 4.98 Å². The highest BCUT2D eigenvalue weighted by Gasteiger charge is 2.11. The molecule has 0 aliphatic carbocycles. The van der Waals surface area contributed by atoms with Crippen LogP contribution in [-0.2, 0) is 0 Å². The summed E-state index contributed by atoms with van der Waals surface area (Å²) in [6, 6.07) is 8.48. The number of nitrogens with one attached hydrogen (secondary N) is 1. The van der Waals surface area contributed by atoms with Gasteiger partial charge in [0.25, 0.3) is 0 Å². The van der Waals surface area contributed by atoms with E-state index >= 15 is 0 Å². The van der Waals surface area contributed by atoms with Gasteiger partial charge in [0.05, 0.1) is 11.3 Å². The van der Waals surface area contributed by atoms with Crippen LogP contribution >= 0.6 is 0 Å². The van der Waals surface area contributed by atoms with Crippen molar-refractivity contribution >= 4 is 5.82 Å². The van der Waals surface area contributed by atoms with Crippen LogP contribution in [0.4, 0.5) is 14.6 Å². The number of aromatic nitrogens is 1. The smallest absolute Gasteiger partial charge is 0.144 e. The quantitative estimate of drug-likeness (QED) is 0.923. The lowest BCUT2D eigenvalue weighted by atomic mass is 10.1. The van der Waals surface area contributed by atoms with Crippen LogP contribution in [0.5, 0.6) is 0 Å². The molecule has 5 heteroatoms. The van der Waals surface area contributed by atoms with Crippen molar-refractivity contribution < 1.29 is 8.78 Å². The first-order chi connectivity index (χ1) is 9.65. The Balaban J connectivity index is 2.45. The zero-order chi connectivity index (χ0) is 14.5. The Morgan fingerprint density at radius 1 is 1.25 bits per heavy atom. The van der Waals surface area contributed by atoms with Gasteiger partial charge < -0.3 is 5.32 Å². The Kier molecular flexibility index (Phi) is 4.26. The van der Waals surface area contributed by atoms with Crippen LogP contribution in [0.2, 0.25) is 0 Å². The molecule has 0 bridgehead atoms. The molecule has 1 N–H and O–H groups in total. The summed E-state index contributed by atoms with van der Waals surface area (Å²) in [7, 11) is 0. The highest BCUT2D eigenvalue weighted by Crippen LogP contribution is 2.24. The summed E-state index contributed by atoms with van der Waals surface area (Å²) in [5, 5.41) is 12.0. The van der Waals surface area contributed by atoms with Gasteiger partial charge in [0.15, 0.2) is 0 Å². The SMILES string of the molecule is CCCNc1nc(-c2ccc(F)cc2F)ccc1C#N. The molecule has 3 nitrogen and oxygen atoms in total. The summed E-state index contributed by atoms with van der Waals surface area (Å²) in [4.78, 5) is 4.25. The summed E-state index contributed by atoms with van der Waals surface area (Å²) in [6.07, 6.45) is 0.877. The first-order valence-electron chi connectivity index (χ1n) is 6.26. The summed E-state index contributed by atoms with van der Waals surface area (Å²) in [5.41, 5.74) is 0.959. The van der Waals surface area contributed by atoms with Crippen molar-refractivity contribution in [3.63, 3.8) is 0 Å². The normalized spacial score (nSPS) is 10.1. The largest absolute Gasteiger partial charge is 0.369 e. The molecule has 0 saturated carbocycles. The van der Waals surface area contributed by atoms with Gasteiger partial charge in [0.1, 0.15) is 23.5 Å². The monoisotopic (exact) mass is 273 g/mol. The van der Waals surface area contributed by atoms with Crippen LogP contribution < -0.4 is 5.32 Å². The van der Waals surface area contributed by atoms with E-state index in [1.807, 2.05) is 13.0 Å². The second-order valence-corrected chi connectivity index (χ2v) is 4.26. The molecule has 102 valence electrons. The third kappa shape index (κ3) is 2.91. The fourth-order valence-corrected chi connectivity index (χ4v) is 1.77. The number of anilines is 1. The molecule has 0 radical (unpaired) electrons. The van der Waals surface area contributed by atoms with Crippen molar-refractivity contribution in [2.75, 3.05) is 11.9 Å². The average Bonchev–Trinajstić information content (AvgIpc) is 2.45. The Morgan fingerprint density at radius 2 is 2.05 bits per heavy atom. The van der Waals surface area contributed by atoms with Crippen molar-refractivity contribution in [2.24, 2.45) is 0 Å². The lowest BCUT2D eigenvalue weighted by Crippen LogP contribution is -2.05. The minimum Gasteiger partial charge on any atom is -0.369 e. The fraction of sp³-hybridized carbons (Fsp3) is 0.200. The van der Waals surface area contributed by atoms with Crippen LogP contribution in [0, 0.1) is 23.0 Å². The molecule has 0 spiro atoms. The van der Waals surface area contributed by atoms with Crippen LogP contribution in [0.1, 0.15) is 18.9 Å². The van der Waals surface area contributed by atoms with Gasteiger partial charge in [-0.2, -0.15) is 5.26 Å². The summed E-state index contributed by atoms with van der Waals surface area (Å²) in [6.45, 7) is 2.65. The van der Waals surface area contributed by atoms with E-state index in [4.69, 9.17) is 5.26 Å². The van der Waals surface area contributed by atoms with Gasteiger partial charge in [-0.15, -0.1) is 0 Å². The molecule has 1 heterocycles. The van der Waals surface area contributed by atoms with Crippen molar-refractivity contribution in [2.45, 2.75) is 13.3 Å². The van der Waals surface area contributed by atoms with E-state index in [0.29, 0.717) is 23.6 Å². The number of rotatable bonds is 4. The maximum absolute atomic E-state index is 13.7. The van der Waals surface area contributed by atoms with E-state index < -0.39 is 11.6 Å². The highest BCUT2D eigenvalue weighted by molar-refractivity contribution is 5.65. The van der Waals surface area contributed by atoms with Gasteiger partial charge in [0, 0.05) is 18.2 Å². The second-order valence-electron chi connectivity index (χ2n) is 4.26. The summed E-state index contributed by atoms with van der Waals surface area (Å²) >= 11 is 0. The molecule has 1 aromatic carbocycles. The molecule has 0 aliphatic rings. The van der Waals surface area contributed by atoms with E-state index in [-0.39, 0.29) is 5.56 Å². The van der Waals surface area contributed by atoms with Crippen molar-refractivity contribution in [3.05, 3.63) is 47.5 Å². The van der Waals surface area contributed by atoms with Gasteiger partial charge in [-0.3, -0.25) is 0 Å². The maximum atomic E-state index is 13.7. The third-order valence-corrected chi connectivity index (χ3v) is 2.77. The predicted molar refractivity (Wildman–Crippen MR) is 73.1 cm³/mol. The number of hydrogen-bond donors (Lipinski definition) is 1. The lowest BCUT2D eigenvalue weighted by Gasteiger charge is -2.09. The van der Waals surface area contributed by atoms with E-state index in [2.05, 4.69) is 10.3 Å². The highest BCUT2D eigenvalue weighted by atomic mass is 19.1. The molecule has 0 saturated heterocycles. The Hall–Kier alpha value is -2.48. The number of halogens is 2. The minimum atomic E-state index is -0.677. The zero-order valence-corrected chi connectivity index (χ0v) is 11.0. The first-order valence-corrected chi connectivity index (χ1v) is 6.26. The van der Waals surface area contributed by atoms with Crippen molar-refractivity contribution in [1.29, 1.82) is 5.26 Å². The van der Waals surface area contributed by atoms with Gasteiger partial charge in [0.2, 0.25) is 0 Å². The van der Waals surface area contributed by atoms with E-state index in [1.165, 1.54) is 12.1 Å². The summed E-state index contributed by atoms with van der Waals surface area (Å²) in [5.74, 6) is -0.900. The van der Waals surface area contributed by atoms with Crippen LogP contribution in [0.25, 0.3) is 11.3 Å². The van der Waals surface area contributed by atoms with Crippen molar-refractivity contribution in [3.8, 4) is 17.3 Å². The van der Waals surface area contributed by atoms with E-state index in [1.54, 1.807) is 12.1 Å². The van der Waals surface area contributed by atoms with Crippen LogP contribution in [0.3, 0.4) is 0 Å². The standard InChI is InChI=1S/C15H13F2N3/c1-2-7-19-15-10(9-18)3-6-14(20-15)12-5-4-11(16)8-13(12)17/h3-6,8H,2,7H2,1H3,(H,19,20). The molecular weight excluding hydrogens is 260 g/mol. The van der Waals surface area contributed by atoms with Gasteiger partial charge in [-0.1, -0.05) is 6.92 Å². The lowest BCUT2D eigenvalue weighted by molar-refractivity contribution is 0.585. The average molecular weight is 273 g/mol. The molecule has 2 rings (SSSR count). The maximum Gasteiger partial charge on any atom is 0.144 e. The fourth-order valence-electron chi connectivity index (χ4n) is 1.77. The number of hydrogen-bond acceptors (Lipinski definition) is 3. The molecule has 20 heavy (non-hydrogen) atoms. The third-order valence-electron chi connectivity index (χ3n) is 2.77. The molecule has 2 aromatic rings. The Bertz CT molecular complexity index is 663. The number of benzene rings is 1.